The van der Waals surface area contributed by atoms with E-state index in [1.54, 1.807) is 6.08 Å². The normalized spacial score (nSPS) is 19.0. The SMILES string of the molecule is CC/C=C/CC/C=C/CC/C=C/C(O)C(COC1OC(CO)C(O)C(O)C1O)NC(=O)CCCCCCCCCCCCCC/C=C\CCCCCCCCCCCCCCOC(=O)CCCCCCC/C=C\CCCC. The molecule has 1 aliphatic heterocycles. The van der Waals surface area contributed by atoms with Crippen LogP contribution in [0.4, 0.5) is 0 Å². The number of esters is 1. The van der Waals surface area contributed by atoms with E-state index in [9.17, 15) is 35.1 Å². The first-order chi connectivity index (χ1) is 37.7. The largest absolute Gasteiger partial charge is 0.466 e. The third kappa shape index (κ3) is 44.8. The van der Waals surface area contributed by atoms with E-state index in [1.165, 1.54) is 186 Å². The lowest BCUT2D eigenvalue weighted by Gasteiger charge is -2.40. The number of nitrogens with one attached hydrogen (secondary N) is 1. The highest BCUT2D eigenvalue weighted by atomic mass is 16.7. The molecular formula is C66H119NO10. The predicted molar refractivity (Wildman–Crippen MR) is 320 cm³/mol. The fourth-order valence-corrected chi connectivity index (χ4v) is 9.74. The van der Waals surface area contributed by atoms with Crippen molar-refractivity contribution < 1.29 is 49.3 Å². The zero-order valence-corrected chi connectivity index (χ0v) is 49.4. The van der Waals surface area contributed by atoms with Gasteiger partial charge in [0, 0.05) is 12.8 Å². The Kier molecular flexibility index (Phi) is 52.0. The van der Waals surface area contributed by atoms with Crippen LogP contribution in [0.25, 0.3) is 0 Å². The van der Waals surface area contributed by atoms with Gasteiger partial charge < -0.3 is 45.1 Å². The molecule has 0 radical (unpaired) electrons. The Balaban J connectivity index is 1.98. The van der Waals surface area contributed by atoms with Gasteiger partial charge in [0.15, 0.2) is 6.29 Å². The third-order valence-corrected chi connectivity index (χ3v) is 14.8. The molecule has 6 N–H and O–H groups in total. The number of unbranched alkanes of at least 4 members (excludes halogenated alkanes) is 33. The van der Waals surface area contributed by atoms with Crippen LogP contribution in [0.3, 0.4) is 0 Å². The van der Waals surface area contributed by atoms with Gasteiger partial charge in [0.25, 0.3) is 0 Å². The van der Waals surface area contributed by atoms with E-state index >= 15 is 0 Å². The van der Waals surface area contributed by atoms with Gasteiger partial charge in [0.1, 0.15) is 24.4 Å². The summed E-state index contributed by atoms with van der Waals surface area (Å²) < 4.78 is 16.7. The molecule has 0 spiro atoms. The smallest absolute Gasteiger partial charge is 0.305 e. The Morgan fingerprint density at radius 3 is 1.35 bits per heavy atom. The van der Waals surface area contributed by atoms with E-state index in [2.05, 4.69) is 67.8 Å². The van der Waals surface area contributed by atoms with Gasteiger partial charge in [-0.15, -0.1) is 0 Å². The van der Waals surface area contributed by atoms with Crippen LogP contribution in [0.2, 0.25) is 0 Å². The molecule has 1 saturated heterocycles. The maximum absolute atomic E-state index is 13.0. The lowest BCUT2D eigenvalue weighted by atomic mass is 9.99. The second-order valence-electron chi connectivity index (χ2n) is 22.1. The van der Waals surface area contributed by atoms with Crippen LogP contribution >= 0.6 is 0 Å². The van der Waals surface area contributed by atoms with Gasteiger partial charge in [0.2, 0.25) is 5.91 Å². The van der Waals surface area contributed by atoms with Gasteiger partial charge in [-0.1, -0.05) is 235 Å². The summed E-state index contributed by atoms with van der Waals surface area (Å²) in [5, 5.41) is 54.2. The maximum atomic E-state index is 13.0. The first-order valence-corrected chi connectivity index (χ1v) is 32.1. The van der Waals surface area contributed by atoms with E-state index in [0.717, 1.165) is 70.6 Å². The van der Waals surface area contributed by atoms with Crippen molar-refractivity contribution in [3.63, 3.8) is 0 Å². The molecule has 77 heavy (non-hydrogen) atoms. The van der Waals surface area contributed by atoms with Gasteiger partial charge in [0.05, 0.1) is 32.0 Å². The molecule has 1 heterocycles. The lowest BCUT2D eigenvalue weighted by molar-refractivity contribution is -0.302. The molecule has 1 rings (SSSR count). The summed E-state index contributed by atoms with van der Waals surface area (Å²) in [7, 11) is 0. The molecule has 0 aliphatic carbocycles. The Labute approximate surface area is 471 Å². The topological polar surface area (TPSA) is 175 Å². The second kappa shape index (κ2) is 55.3. The number of hydrogen-bond donors (Lipinski definition) is 6. The molecule has 11 nitrogen and oxygen atoms in total. The second-order valence-corrected chi connectivity index (χ2v) is 22.1. The highest BCUT2D eigenvalue weighted by molar-refractivity contribution is 5.76. The van der Waals surface area contributed by atoms with Crippen LogP contribution in [0, 0.1) is 0 Å². The van der Waals surface area contributed by atoms with Crippen molar-refractivity contribution in [2.24, 2.45) is 0 Å². The van der Waals surface area contributed by atoms with E-state index < -0.39 is 49.5 Å². The van der Waals surface area contributed by atoms with Crippen molar-refractivity contribution in [3.8, 4) is 0 Å². The van der Waals surface area contributed by atoms with E-state index in [0.29, 0.717) is 19.4 Å². The number of hydrogen-bond acceptors (Lipinski definition) is 10. The molecule has 11 heteroatoms. The van der Waals surface area contributed by atoms with Crippen molar-refractivity contribution in [2.45, 2.75) is 326 Å². The average molecular weight is 1090 g/mol. The van der Waals surface area contributed by atoms with Gasteiger partial charge in [-0.2, -0.15) is 0 Å². The molecule has 448 valence electrons. The van der Waals surface area contributed by atoms with Gasteiger partial charge in [-0.3, -0.25) is 9.59 Å². The maximum Gasteiger partial charge on any atom is 0.305 e. The van der Waals surface area contributed by atoms with Crippen LogP contribution in [-0.2, 0) is 23.8 Å². The Hall–Kier alpha value is -2.64. The number of aliphatic hydroxyl groups is 5. The quantitative estimate of drug-likeness (QED) is 0.0195. The number of allylic oxidation sites excluding steroid dienone is 9. The summed E-state index contributed by atoms with van der Waals surface area (Å²) in [6, 6.07) is -0.834. The average Bonchev–Trinajstić information content (AvgIpc) is 3.43. The summed E-state index contributed by atoms with van der Waals surface area (Å²) in [6.45, 7) is 4.17. The fourth-order valence-electron chi connectivity index (χ4n) is 9.74. The number of carbonyl (C=O) groups excluding carboxylic acids is 2. The molecule has 0 aromatic carbocycles. The summed E-state index contributed by atoms with van der Waals surface area (Å²) in [4.78, 5) is 25.0. The molecule has 0 aromatic heterocycles. The van der Waals surface area contributed by atoms with Crippen molar-refractivity contribution in [1.29, 1.82) is 0 Å². The van der Waals surface area contributed by atoms with Crippen molar-refractivity contribution in [2.75, 3.05) is 19.8 Å². The molecule has 1 amide bonds. The molecular weight excluding hydrogens is 967 g/mol. The van der Waals surface area contributed by atoms with Crippen LogP contribution in [0.5, 0.6) is 0 Å². The van der Waals surface area contributed by atoms with E-state index in [4.69, 9.17) is 14.2 Å². The summed E-state index contributed by atoms with van der Waals surface area (Å²) in [5.41, 5.74) is 0. The number of ether oxygens (including phenoxy) is 3. The third-order valence-electron chi connectivity index (χ3n) is 14.8. The van der Waals surface area contributed by atoms with Crippen LogP contribution in [0.15, 0.2) is 60.8 Å². The molecule has 1 fully saturated rings. The summed E-state index contributed by atoms with van der Waals surface area (Å²) >= 11 is 0. The number of rotatable bonds is 55. The Morgan fingerprint density at radius 1 is 0.481 bits per heavy atom. The minimum atomic E-state index is -1.58. The van der Waals surface area contributed by atoms with Crippen molar-refractivity contribution >= 4 is 11.9 Å². The number of amides is 1. The number of carbonyl (C=O) groups is 2. The zero-order chi connectivity index (χ0) is 55.9. The van der Waals surface area contributed by atoms with Gasteiger partial charge >= 0.3 is 5.97 Å². The summed E-state index contributed by atoms with van der Waals surface area (Å²) in [5.74, 6) is -0.205. The molecule has 7 unspecified atom stereocenters. The van der Waals surface area contributed by atoms with Crippen LogP contribution in [0.1, 0.15) is 284 Å². The lowest BCUT2D eigenvalue weighted by Crippen LogP contribution is -2.60. The molecule has 0 bridgehead atoms. The first kappa shape index (κ1) is 72.4. The van der Waals surface area contributed by atoms with E-state index in [1.807, 2.05) is 6.08 Å². The minimum absolute atomic E-state index is 0.00559. The van der Waals surface area contributed by atoms with Crippen LogP contribution < -0.4 is 5.32 Å². The molecule has 1 aliphatic rings. The number of aliphatic hydroxyl groups excluding tert-OH is 5. The highest BCUT2D eigenvalue weighted by Gasteiger charge is 2.44. The first-order valence-electron chi connectivity index (χ1n) is 32.1. The molecule has 0 saturated carbocycles. The zero-order valence-electron chi connectivity index (χ0n) is 49.4. The molecule has 0 aromatic rings. The molecule has 7 atom stereocenters. The van der Waals surface area contributed by atoms with Crippen molar-refractivity contribution in [3.05, 3.63) is 60.8 Å². The van der Waals surface area contributed by atoms with Crippen molar-refractivity contribution in [1.82, 2.24) is 5.32 Å². The minimum Gasteiger partial charge on any atom is -0.466 e. The van der Waals surface area contributed by atoms with E-state index in [-0.39, 0.29) is 18.5 Å². The van der Waals surface area contributed by atoms with Gasteiger partial charge in [-0.25, -0.2) is 0 Å². The summed E-state index contributed by atoms with van der Waals surface area (Å²) in [6.07, 6.45) is 62.1. The predicted octanol–water partition coefficient (Wildman–Crippen LogP) is 15.4. The highest BCUT2D eigenvalue weighted by Crippen LogP contribution is 2.23. The van der Waals surface area contributed by atoms with Crippen LogP contribution in [-0.4, -0.2) is 100 Å². The Bertz CT molecular complexity index is 1460. The monoisotopic (exact) mass is 1090 g/mol. The standard InChI is InChI=1S/C66H119NO10/c1-3-5-7-9-11-13-33-38-42-46-50-54-62(71)75-55-51-47-43-39-35-32-30-28-26-24-22-20-18-16-15-17-19-21-23-25-27-29-31-34-37-41-45-49-53-61(70)67-58(57-76-66-65(74)64(73)63(72)60(56-68)77-66)59(69)52-48-44-40-36-14-12-10-8-6-4-2/h6,8-9,11,14-16,36,48,52,58-60,63-66,68-69,72-74H,3-5,7,10,12-13,17-35,37-47,49-51,53-57H2,1-2H3,(H,67,70)/b8-6+,11-9-,16-15-,36-14+,52-48+. The van der Waals surface area contributed by atoms with Gasteiger partial charge in [-0.05, 0) is 96.3 Å². The fraction of sp³-hybridized carbons (Fsp3) is 0.818. The Morgan fingerprint density at radius 2 is 0.883 bits per heavy atom.